The van der Waals surface area contributed by atoms with E-state index >= 15 is 0 Å². The summed E-state index contributed by atoms with van der Waals surface area (Å²) in [6.07, 6.45) is 0.895. The molecule has 4 heteroatoms. The number of benzene rings is 1. The summed E-state index contributed by atoms with van der Waals surface area (Å²) in [6, 6.07) is 6.00. The maximum atomic E-state index is 11.7. The number of imidazole rings is 1. The summed E-state index contributed by atoms with van der Waals surface area (Å²) in [7, 11) is 3.57. The van der Waals surface area contributed by atoms with Gasteiger partial charge in [0, 0.05) is 20.1 Å². The van der Waals surface area contributed by atoms with Gasteiger partial charge in [0.1, 0.15) is 0 Å². The van der Waals surface area contributed by atoms with Crippen LogP contribution in [0.2, 0.25) is 0 Å². The van der Waals surface area contributed by atoms with E-state index in [1.807, 2.05) is 18.2 Å². The van der Waals surface area contributed by atoms with Gasteiger partial charge in [0.05, 0.1) is 11.0 Å². The van der Waals surface area contributed by atoms with Crippen molar-refractivity contribution in [3.8, 4) is 0 Å². The molecule has 2 aromatic rings. The Kier molecular flexibility index (Phi) is 2.59. The summed E-state index contributed by atoms with van der Waals surface area (Å²) >= 11 is 0. The Hall–Kier alpha value is -1.55. The monoisotopic (exact) mass is 219 g/mol. The zero-order valence-electron chi connectivity index (χ0n) is 9.90. The van der Waals surface area contributed by atoms with Crippen LogP contribution < -0.4 is 11.4 Å². The Morgan fingerprint density at radius 2 is 1.88 bits per heavy atom. The molecule has 86 valence electrons. The third-order valence-electron chi connectivity index (χ3n) is 3.16. The number of nitrogens with zero attached hydrogens (tertiary/aromatic N) is 2. The van der Waals surface area contributed by atoms with Crippen LogP contribution in [0, 0.1) is 0 Å². The Morgan fingerprint density at radius 3 is 2.50 bits per heavy atom. The van der Waals surface area contributed by atoms with Gasteiger partial charge in [0.15, 0.2) is 0 Å². The quantitative estimate of drug-likeness (QED) is 0.827. The third kappa shape index (κ3) is 1.46. The maximum Gasteiger partial charge on any atom is 0.328 e. The Labute approximate surface area is 94.3 Å². The first-order valence-corrected chi connectivity index (χ1v) is 5.47. The van der Waals surface area contributed by atoms with E-state index in [4.69, 9.17) is 5.73 Å². The number of aromatic nitrogens is 2. The summed E-state index contributed by atoms with van der Waals surface area (Å²) in [4.78, 5) is 11.7. The minimum atomic E-state index is -0.00257. The van der Waals surface area contributed by atoms with Crippen LogP contribution in [0.3, 0.4) is 0 Å². The normalized spacial score (nSPS) is 13.2. The maximum absolute atomic E-state index is 11.7. The fourth-order valence-corrected chi connectivity index (χ4v) is 1.99. The molecule has 0 aliphatic carbocycles. The van der Waals surface area contributed by atoms with E-state index in [1.165, 1.54) is 0 Å². The number of hydrogen-bond donors (Lipinski definition) is 1. The lowest BCUT2D eigenvalue weighted by Crippen LogP contribution is -2.19. The van der Waals surface area contributed by atoms with Crippen molar-refractivity contribution in [3.63, 3.8) is 0 Å². The zero-order valence-corrected chi connectivity index (χ0v) is 9.90. The fourth-order valence-electron chi connectivity index (χ4n) is 1.99. The molecule has 1 aromatic carbocycles. The van der Waals surface area contributed by atoms with Crippen LogP contribution in [-0.2, 0) is 14.1 Å². The van der Waals surface area contributed by atoms with Crippen molar-refractivity contribution in [2.75, 3.05) is 0 Å². The van der Waals surface area contributed by atoms with Crippen molar-refractivity contribution in [2.45, 2.75) is 19.4 Å². The van der Waals surface area contributed by atoms with Gasteiger partial charge in [0.25, 0.3) is 0 Å². The highest BCUT2D eigenvalue weighted by Gasteiger charge is 2.10. The van der Waals surface area contributed by atoms with Crippen molar-refractivity contribution in [1.82, 2.24) is 9.13 Å². The van der Waals surface area contributed by atoms with E-state index in [9.17, 15) is 4.79 Å². The summed E-state index contributed by atoms with van der Waals surface area (Å²) in [5, 5.41) is 0. The standard InChI is InChI=1S/C12H17N3O/c1-4-9(13)8-5-6-10-11(7-8)15(3)12(16)14(10)2/h5-7,9H,4,13H2,1-3H3/t9-/m0/s1. The second-order valence-electron chi connectivity index (χ2n) is 4.16. The average molecular weight is 219 g/mol. The molecule has 2 rings (SSSR count). The van der Waals surface area contributed by atoms with Crippen LogP contribution in [0.1, 0.15) is 24.9 Å². The SMILES string of the molecule is CC[C@H](N)c1ccc2c(c1)n(C)c(=O)n2C. The molecule has 0 saturated carbocycles. The molecule has 0 aliphatic rings. The van der Waals surface area contributed by atoms with Crippen molar-refractivity contribution in [2.24, 2.45) is 19.8 Å². The van der Waals surface area contributed by atoms with Gasteiger partial charge in [-0.25, -0.2) is 4.79 Å². The van der Waals surface area contributed by atoms with Crippen molar-refractivity contribution >= 4 is 11.0 Å². The molecular formula is C12H17N3O. The number of fused-ring (bicyclic) bond motifs is 1. The predicted molar refractivity (Wildman–Crippen MR) is 65.4 cm³/mol. The second kappa shape index (κ2) is 3.79. The van der Waals surface area contributed by atoms with Gasteiger partial charge in [-0.2, -0.15) is 0 Å². The van der Waals surface area contributed by atoms with Crippen LogP contribution in [0.4, 0.5) is 0 Å². The molecule has 4 nitrogen and oxygen atoms in total. The van der Waals surface area contributed by atoms with Gasteiger partial charge in [0.2, 0.25) is 0 Å². The molecule has 1 atom stereocenters. The van der Waals surface area contributed by atoms with E-state index in [-0.39, 0.29) is 11.7 Å². The molecule has 0 amide bonds. The van der Waals surface area contributed by atoms with Crippen LogP contribution in [0.25, 0.3) is 11.0 Å². The molecule has 1 heterocycles. The fraction of sp³-hybridized carbons (Fsp3) is 0.417. The number of aryl methyl sites for hydroxylation is 2. The minimum absolute atomic E-state index is 0.00257. The van der Waals surface area contributed by atoms with Gasteiger partial charge < -0.3 is 5.73 Å². The summed E-state index contributed by atoms with van der Waals surface area (Å²) in [5.41, 5.74) is 8.95. The lowest BCUT2D eigenvalue weighted by atomic mass is 10.1. The molecule has 0 radical (unpaired) electrons. The lowest BCUT2D eigenvalue weighted by molar-refractivity contribution is 0.699. The smallest absolute Gasteiger partial charge is 0.324 e. The molecule has 0 fully saturated rings. The van der Waals surface area contributed by atoms with Gasteiger partial charge in [-0.15, -0.1) is 0 Å². The van der Waals surface area contributed by atoms with Crippen molar-refractivity contribution in [1.29, 1.82) is 0 Å². The average Bonchev–Trinajstić information content (AvgIpc) is 2.53. The molecule has 2 N–H and O–H groups in total. The summed E-state index contributed by atoms with van der Waals surface area (Å²) < 4.78 is 3.30. The topological polar surface area (TPSA) is 52.9 Å². The number of hydrogen-bond acceptors (Lipinski definition) is 2. The number of rotatable bonds is 2. The Morgan fingerprint density at radius 1 is 1.25 bits per heavy atom. The highest BCUT2D eigenvalue weighted by atomic mass is 16.1. The largest absolute Gasteiger partial charge is 0.328 e. The molecule has 1 aromatic heterocycles. The lowest BCUT2D eigenvalue weighted by Gasteiger charge is -2.09. The molecule has 0 saturated heterocycles. The predicted octanol–water partition coefficient (Wildman–Crippen LogP) is 1.29. The molecule has 0 spiro atoms. The third-order valence-corrected chi connectivity index (χ3v) is 3.16. The van der Waals surface area contributed by atoms with Gasteiger partial charge in [-0.1, -0.05) is 13.0 Å². The van der Waals surface area contributed by atoms with Crippen LogP contribution in [0.5, 0.6) is 0 Å². The first-order valence-electron chi connectivity index (χ1n) is 5.47. The highest BCUT2D eigenvalue weighted by molar-refractivity contribution is 5.77. The van der Waals surface area contributed by atoms with Crippen LogP contribution in [-0.4, -0.2) is 9.13 Å². The molecule has 16 heavy (non-hydrogen) atoms. The van der Waals surface area contributed by atoms with Crippen molar-refractivity contribution < 1.29 is 0 Å². The molecule has 0 unspecified atom stereocenters. The first-order chi connectivity index (χ1) is 7.56. The van der Waals surface area contributed by atoms with E-state index in [0.717, 1.165) is 23.0 Å². The molecular weight excluding hydrogens is 202 g/mol. The van der Waals surface area contributed by atoms with E-state index in [0.29, 0.717) is 0 Å². The summed E-state index contributed by atoms with van der Waals surface area (Å²) in [6.45, 7) is 2.05. The first kappa shape index (κ1) is 11.0. The van der Waals surface area contributed by atoms with Gasteiger partial charge in [-0.05, 0) is 24.1 Å². The van der Waals surface area contributed by atoms with E-state index < -0.39 is 0 Å². The Balaban J connectivity index is 2.71. The van der Waals surface area contributed by atoms with Crippen LogP contribution >= 0.6 is 0 Å². The van der Waals surface area contributed by atoms with E-state index in [2.05, 4.69) is 6.92 Å². The van der Waals surface area contributed by atoms with E-state index in [1.54, 1.807) is 23.2 Å². The Bertz CT molecular complexity index is 580. The summed E-state index contributed by atoms with van der Waals surface area (Å²) in [5.74, 6) is 0. The second-order valence-corrected chi connectivity index (χ2v) is 4.16. The van der Waals surface area contributed by atoms with Gasteiger partial charge in [-0.3, -0.25) is 9.13 Å². The van der Waals surface area contributed by atoms with Crippen molar-refractivity contribution in [3.05, 3.63) is 34.2 Å². The molecule has 0 bridgehead atoms. The highest BCUT2D eigenvalue weighted by Crippen LogP contribution is 2.19. The number of nitrogens with two attached hydrogens (primary N) is 1. The minimum Gasteiger partial charge on any atom is -0.324 e. The molecule has 0 aliphatic heterocycles. The van der Waals surface area contributed by atoms with Gasteiger partial charge >= 0.3 is 5.69 Å². The van der Waals surface area contributed by atoms with Crippen LogP contribution in [0.15, 0.2) is 23.0 Å². The zero-order chi connectivity index (χ0) is 11.9.